The van der Waals surface area contributed by atoms with Crippen molar-refractivity contribution in [2.24, 2.45) is 0 Å². The van der Waals surface area contributed by atoms with E-state index in [1.165, 1.54) is 17.8 Å². The topological polar surface area (TPSA) is 61.4 Å². The average Bonchev–Trinajstić information content (AvgIpc) is 3.09. The molecular formula is C19H19NO4. The zero-order chi connectivity index (χ0) is 17.5. The molecular weight excluding hydrogens is 306 g/mol. The predicted octanol–water partition coefficient (Wildman–Crippen LogP) is 4.89. The first-order valence-corrected chi connectivity index (χ1v) is 7.70. The van der Waals surface area contributed by atoms with Crippen LogP contribution in [0.2, 0.25) is 0 Å². The van der Waals surface area contributed by atoms with E-state index in [9.17, 15) is 9.59 Å². The van der Waals surface area contributed by atoms with E-state index in [2.05, 4.69) is 0 Å². The third-order valence-corrected chi connectivity index (χ3v) is 3.55. The summed E-state index contributed by atoms with van der Waals surface area (Å²) in [5.74, 6) is 0.0265. The predicted molar refractivity (Wildman–Crippen MR) is 91.3 cm³/mol. The minimum atomic E-state index is -0.625. The van der Waals surface area contributed by atoms with Gasteiger partial charge in [0, 0.05) is 17.9 Å². The number of aromatic nitrogens is 1. The van der Waals surface area contributed by atoms with Crippen molar-refractivity contribution in [2.75, 3.05) is 0 Å². The average molecular weight is 325 g/mol. The Morgan fingerprint density at radius 1 is 1.12 bits per heavy atom. The molecule has 0 saturated carbocycles. The van der Waals surface area contributed by atoms with Crippen molar-refractivity contribution < 1.29 is 18.7 Å². The number of ketones is 1. The Morgan fingerprint density at radius 3 is 2.50 bits per heavy atom. The summed E-state index contributed by atoms with van der Waals surface area (Å²) in [7, 11) is 0. The van der Waals surface area contributed by atoms with Crippen molar-refractivity contribution in [1.29, 1.82) is 0 Å². The highest BCUT2D eigenvalue weighted by molar-refractivity contribution is 6.02. The van der Waals surface area contributed by atoms with Gasteiger partial charge in [0.05, 0.1) is 17.5 Å². The maximum atomic E-state index is 12.8. The summed E-state index contributed by atoms with van der Waals surface area (Å²) < 4.78 is 12.3. The zero-order valence-corrected chi connectivity index (χ0v) is 14.1. The Hall–Kier alpha value is -2.82. The zero-order valence-electron chi connectivity index (χ0n) is 14.1. The number of carbonyl (C=O) groups excluding carboxylic acids is 2. The molecule has 0 spiro atoms. The molecule has 0 unspecified atom stereocenters. The Labute approximate surface area is 139 Å². The number of fused-ring (bicyclic) bond motifs is 1. The van der Waals surface area contributed by atoms with E-state index >= 15 is 0 Å². The van der Waals surface area contributed by atoms with Gasteiger partial charge in [-0.05, 0) is 39.0 Å². The maximum absolute atomic E-state index is 12.8. The summed E-state index contributed by atoms with van der Waals surface area (Å²) in [6.07, 6.45) is 0.956. The van der Waals surface area contributed by atoms with Gasteiger partial charge < -0.3 is 9.15 Å². The molecule has 5 heteroatoms. The lowest BCUT2D eigenvalue weighted by molar-refractivity contribution is 0.0547. The second-order valence-electron chi connectivity index (χ2n) is 6.62. The fourth-order valence-corrected chi connectivity index (χ4v) is 2.64. The van der Waals surface area contributed by atoms with Crippen LogP contribution in [-0.2, 0) is 4.74 Å². The van der Waals surface area contributed by atoms with Crippen molar-refractivity contribution in [3.8, 4) is 11.3 Å². The largest absolute Gasteiger partial charge is 0.461 e. The van der Waals surface area contributed by atoms with E-state index in [-0.39, 0.29) is 11.5 Å². The monoisotopic (exact) mass is 325 g/mol. The van der Waals surface area contributed by atoms with Crippen molar-refractivity contribution in [2.45, 2.75) is 33.3 Å². The van der Waals surface area contributed by atoms with Gasteiger partial charge in [-0.2, -0.15) is 0 Å². The van der Waals surface area contributed by atoms with Crippen LogP contribution in [0.15, 0.2) is 47.1 Å². The van der Waals surface area contributed by atoms with Crippen molar-refractivity contribution >= 4 is 22.8 Å². The molecule has 1 aromatic carbocycles. The van der Waals surface area contributed by atoms with Gasteiger partial charge in [0.15, 0.2) is 11.5 Å². The lowest BCUT2D eigenvalue weighted by Gasteiger charge is -2.21. The first kappa shape index (κ1) is 16.1. The summed E-state index contributed by atoms with van der Waals surface area (Å²) in [6, 6.07) is 11.0. The summed E-state index contributed by atoms with van der Waals surface area (Å²) in [5.41, 5.74) is 1.24. The second-order valence-corrected chi connectivity index (χ2v) is 6.62. The van der Waals surface area contributed by atoms with Crippen LogP contribution < -0.4 is 0 Å². The third-order valence-electron chi connectivity index (χ3n) is 3.55. The first-order valence-electron chi connectivity index (χ1n) is 7.70. The molecule has 0 radical (unpaired) electrons. The van der Waals surface area contributed by atoms with Crippen molar-refractivity contribution in [3.63, 3.8) is 0 Å². The molecule has 0 aliphatic carbocycles. The van der Waals surface area contributed by atoms with E-state index < -0.39 is 11.7 Å². The summed E-state index contributed by atoms with van der Waals surface area (Å²) in [6.45, 7) is 6.88. The lowest BCUT2D eigenvalue weighted by Crippen LogP contribution is -2.27. The van der Waals surface area contributed by atoms with Gasteiger partial charge in [-0.1, -0.05) is 18.2 Å². The highest BCUT2D eigenvalue weighted by Crippen LogP contribution is 2.32. The lowest BCUT2D eigenvalue weighted by atomic mass is 10.1. The number of rotatable bonds is 2. The van der Waals surface area contributed by atoms with Gasteiger partial charge in [0.1, 0.15) is 5.60 Å². The van der Waals surface area contributed by atoms with Crippen LogP contribution in [0.1, 0.15) is 38.2 Å². The van der Waals surface area contributed by atoms with Crippen molar-refractivity contribution in [3.05, 3.63) is 48.4 Å². The van der Waals surface area contributed by atoms with Gasteiger partial charge in [0.25, 0.3) is 0 Å². The Morgan fingerprint density at radius 2 is 1.83 bits per heavy atom. The van der Waals surface area contributed by atoms with Crippen LogP contribution in [-0.4, -0.2) is 22.0 Å². The minimum Gasteiger partial charge on any atom is -0.461 e. The molecule has 0 aliphatic rings. The number of para-hydroxylation sites is 1. The summed E-state index contributed by atoms with van der Waals surface area (Å²) in [4.78, 5) is 24.6. The third kappa shape index (κ3) is 2.85. The van der Waals surface area contributed by atoms with E-state index in [0.717, 1.165) is 10.9 Å². The molecule has 3 aromatic rings. The normalized spacial score (nSPS) is 11.7. The smallest absolute Gasteiger partial charge is 0.419 e. The van der Waals surface area contributed by atoms with Gasteiger partial charge in [-0.25, -0.2) is 9.36 Å². The molecule has 24 heavy (non-hydrogen) atoms. The van der Waals surface area contributed by atoms with Gasteiger partial charge in [0.2, 0.25) is 0 Å². The van der Waals surface area contributed by atoms with Crippen LogP contribution in [0.25, 0.3) is 22.2 Å². The fraction of sp³-hybridized carbons (Fsp3) is 0.263. The summed E-state index contributed by atoms with van der Waals surface area (Å²) in [5, 5.41) is 0.883. The van der Waals surface area contributed by atoms with E-state index in [4.69, 9.17) is 9.15 Å². The molecule has 0 saturated heterocycles. The molecule has 3 rings (SSSR count). The number of hydrogen-bond donors (Lipinski definition) is 0. The fourth-order valence-electron chi connectivity index (χ4n) is 2.64. The molecule has 0 atom stereocenters. The first-order chi connectivity index (χ1) is 11.3. The highest BCUT2D eigenvalue weighted by Gasteiger charge is 2.25. The molecule has 0 bridgehead atoms. The van der Waals surface area contributed by atoms with Crippen LogP contribution in [0.4, 0.5) is 4.79 Å². The van der Waals surface area contributed by atoms with Gasteiger partial charge in [-0.3, -0.25) is 4.79 Å². The molecule has 0 fully saturated rings. The molecule has 124 valence electrons. The molecule has 2 aromatic heterocycles. The number of furan rings is 1. The maximum Gasteiger partial charge on any atom is 0.419 e. The minimum absolute atomic E-state index is 0.198. The van der Waals surface area contributed by atoms with Crippen LogP contribution >= 0.6 is 0 Å². The molecule has 2 heterocycles. The number of carbonyl (C=O) groups is 2. The van der Waals surface area contributed by atoms with E-state index in [0.29, 0.717) is 11.3 Å². The van der Waals surface area contributed by atoms with Crippen LogP contribution in [0.5, 0.6) is 0 Å². The van der Waals surface area contributed by atoms with Gasteiger partial charge >= 0.3 is 6.09 Å². The molecule has 0 aliphatic heterocycles. The summed E-state index contributed by atoms with van der Waals surface area (Å²) >= 11 is 0. The number of benzene rings is 1. The number of nitrogens with zero attached hydrogens (tertiary/aromatic N) is 1. The second kappa shape index (κ2) is 5.67. The molecule has 0 amide bonds. The van der Waals surface area contributed by atoms with Crippen LogP contribution in [0.3, 0.4) is 0 Å². The number of hydrogen-bond acceptors (Lipinski definition) is 4. The Bertz CT molecular complexity index is 924. The number of ether oxygens (including phenoxy) is 1. The van der Waals surface area contributed by atoms with E-state index in [1.54, 1.807) is 6.07 Å². The SMILES string of the molecule is CC(=O)c1occc1-c1cc2ccccc2n1C(=O)OC(C)(C)C. The van der Waals surface area contributed by atoms with Gasteiger partial charge in [-0.15, -0.1) is 0 Å². The quantitative estimate of drug-likeness (QED) is 0.630. The van der Waals surface area contributed by atoms with E-state index in [1.807, 2.05) is 51.1 Å². The standard InChI is InChI=1S/C19H19NO4/c1-12(21)17-14(9-10-23-17)16-11-13-7-5-6-8-15(13)20(16)18(22)24-19(2,3)4/h5-11H,1-4H3. The Balaban J connectivity index is 2.24. The van der Waals surface area contributed by atoms with Crippen molar-refractivity contribution in [1.82, 2.24) is 4.57 Å². The van der Waals surface area contributed by atoms with Crippen LogP contribution in [0, 0.1) is 0 Å². The number of Topliss-reactive ketones (excluding diaryl/α,β-unsaturated/α-hetero) is 1. The molecule has 5 nitrogen and oxygen atoms in total. The Kier molecular flexibility index (Phi) is 3.79. The highest BCUT2D eigenvalue weighted by atomic mass is 16.6. The molecule has 0 N–H and O–H groups in total.